The van der Waals surface area contributed by atoms with Gasteiger partial charge in [-0.2, -0.15) is 5.10 Å². The van der Waals surface area contributed by atoms with E-state index in [9.17, 15) is 0 Å². The third-order valence-corrected chi connectivity index (χ3v) is 5.76. The molecule has 0 fully saturated rings. The Kier molecular flexibility index (Phi) is 5.91. The van der Waals surface area contributed by atoms with Crippen LogP contribution in [0.15, 0.2) is 66.7 Å². The molecule has 0 N–H and O–H groups in total. The Hall–Kier alpha value is -2.66. The monoisotopic (exact) mass is 458 g/mol. The normalized spacial score (nSPS) is 10.8. The zero-order chi connectivity index (χ0) is 21.3. The van der Waals surface area contributed by atoms with Crippen LogP contribution in [0.3, 0.4) is 0 Å². The summed E-state index contributed by atoms with van der Waals surface area (Å²) in [6.07, 6.45) is 0. The number of nitrogens with zero attached hydrogens (tertiary/aromatic N) is 2. The molecular weight excluding hydrogens is 443 g/mol. The summed E-state index contributed by atoms with van der Waals surface area (Å²) in [5.74, 6) is 1.43. The van der Waals surface area contributed by atoms with Gasteiger partial charge in [0.25, 0.3) is 0 Å². The van der Waals surface area contributed by atoms with Crippen molar-refractivity contribution in [1.82, 2.24) is 9.78 Å². The molecule has 30 heavy (non-hydrogen) atoms. The van der Waals surface area contributed by atoms with E-state index in [4.69, 9.17) is 49.4 Å². The average Bonchev–Trinajstić information content (AvgIpc) is 3.12. The van der Waals surface area contributed by atoms with Gasteiger partial charge in [-0.15, -0.1) is 0 Å². The summed E-state index contributed by atoms with van der Waals surface area (Å²) in [6.45, 7) is 0. The van der Waals surface area contributed by atoms with E-state index in [1.807, 2.05) is 54.6 Å². The van der Waals surface area contributed by atoms with Crippen LogP contribution in [0.5, 0.6) is 11.5 Å². The fraction of sp³-hybridized carbons (Fsp3) is 0.0870. The highest BCUT2D eigenvalue weighted by Gasteiger charge is 2.21. The second kappa shape index (κ2) is 8.60. The van der Waals surface area contributed by atoms with Gasteiger partial charge in [-0.25, -0.2) is 4.68 Å². The molecule has 1 aromatic heterocycles. The van der Waals surface area contributed by atoms with Crippen molar-refractivity contribution in [3.63, 3.8) is 0 Å². The van der Waals surface area contributed by atoms with Crippen molar-refractivity contribution in [2.45, 2.75) is 0 Å². The number of halogens is 3. The summed E-state index contributed by atoms with van der Waals surface area (Å²) in [5.41, 5.74) is 3.76. The second-order valence-corrected chi connectivity index (χ2v) is 7.68. The van der Waals surface area contributed by atoms with Crippen LogP contribution < -0.4 is 9.47 Å². The first-order chi connectivity index (χ1) is 14.5. The third kappa shape index (κ3) is 3.86. The van der Waals surface area contributed by atoms with Crippen molar-refractivity contribution < 1.29 is 9.47 Å². The smallest absolute Gasteiger partial charge is 0.119 e. The summed E-state index contributed by atoms with van der Waals surface area (Å²) in [6, 6.07) is 20.6. The Morgan fingerprint density at radius 3 is 2.00 bits per heavy atom. The lowest BCUT2D eigenvalue weighted by Crippen LogP contribution is -2.00. The molecule has 0 amide bonds. The molecular formula is C23H17Cl3N2O2. The lowest BCUT2D eigenvalue weighted by Gasteiger charge is -2.10. The van der Waals surface area contributed by atoms with Crippen LogP contribution in [0, 0.1) is 0 Å². The second-order valence-electron chi connectivity index (χ2n) is 6.49. The summed E-state index contributed by atoms with van der Waals surface area (Å²) < 4.78 is 12.5. The SMILES string of the molecule is COc1cccc(-c2nn(-c3ccc(Cl)c(Cl)c3)c(-c3cccc(OC)c3)c2Cl)c1. The Bertz CT molecular complexity index is 1220. The third-order valence-electron chi connectivity index (χ3n) is 4.66. The average molecular weight is 460 g/mol. The largest absolute Gasteiger partial charge is 0.497 e. The predicted octanol–water partition coefficient (Wildman–Crippen LogP) is 7.18. The summed E-state index contributed by atoms with van der Waals surface area (Å²) in [7, 11) is 3.25. The van der Waals surface area contributed by atoms with E-state index in [0.29, 0.717) is 32.2 Å². The van der Waals surface area contributed by atoms with Gasteiger partial charge in [0.05, 0.1) is 40.7 Å². The Balaban J connectivity index is 1.98. The van der Waals surface area contributed by atoms with Crippen LogP contribution in [0.2, 0.25) is 15.1 Å². The molecule has 0 aliphatic carbocycles. The van der Waals surface area contributed by atoms with Gasteiger partial charge < -0.3 is 9.47 Å². The molecule has 0 bridgehead atoms. The number of rotatable bonds is 5. The molecule has 0 atom stereocenters. The van der Waals surface area contributed by atoms with Gasteiger partial charge >= 0.3 is 0 Å². The number of hydrogen-bond donors (Lipinski definition) is 0. The van der Waals surface area contributed by atoms with Crippen molar-refractivity contribution in [3.8, 4) is 39.7 Å². The van der Waals surface area contributed by atoms with Gasteiger partial charge in [0.2, 0.25) is 0 Å². The van der Waals surface area contributed by atoms with Crippen molar-refractivity contribution in [2.24, 2.45) is 0 Å². The fourth-order valence-corrected chi connectivity index (χ4v) is 3.81. The van der Waals surface area contributed by atoms with Crippen LogP contribution in [-0.4, -0.2) is 24.0 Å². The molecule has 0 aliphatic rings. The quantitative estimate of drug-likeness (QED) is 0.317. The Labute approximate surface area is 189 Å². The molecule has 152 valence electrons. The molecule has 0 saturated heterocycles. The van der Waals surface area contributed by atoms with E-state index < -0.39 is 0 Å². The molecule has 0 spiro atoms. The van der Waals surface area contributed by atoms with Crippen LogP contribution in [0.1, 0.15) is 0 Å². The topological polar surface area (TPSA) is 36.3 Å². The molecule has 0 aliphatic heterocycles. The van der Waals surface area contributed by atoms with Crippen LogP contribution >= 0.6 is 34.8 Å². The van der Waals surface area contributed by atoms with Crippen molar-refractivity contribution in [2.75, 3.05) is 14.2 Å². The molecule has 0 radical (unpaired) electrons. The molecule has 4 rings (SSSR count). The first-order valence-corrected chi connectivity index (χ1v) is 10.2. The molecule has 0 saturated carbocycles. The molecule has 4 nitrogen and oxygen atoms in total. The van der Waals surface area contributed by atoms with E-state index >= 15 is 0 Å². The number of benzene rings is 3. The summed E-state index contributed by atoms with van der Waals surface area (Å²) in [4.78, 5) is 0. The minimum atomic E-state index is 0.431. The molecule has 1 heterocycles. The maximum atomic E-state index is 6.89. The highest BCUT2D eigenvalue weighted by Crippen LogP contribution is 2.40. The van der Waals surface area contributed by atoms with Crippen LogP contribution in [-0.2, 0) is 0 Å². The molecule has 0 unspecified atom stereocenters. The number of ether oxygens (including phenoxy) is 2. The van der Waals surface area contributed by atoms with Gasteiger partial charge in [-0.3, -0.25) is 0 Å². The van der Waals surface area contributed by atoms with Crippen molar-refractivity contribution in [1.29, 1.82) is 0 Å². The number of methoxy groups -OCH3 is 2. The van der Waals surface area contributed by atoms with Gasteiger partial charge in [-0.1, -0.05) is 59.1 Å². The molecule has 3 aromatic carbocycles. The van der Waals surface area contributed by atoms with Crippen LogP contribution in [0.4, 0.5) is 0 Å². The van der Waals surface area contributed by atoms with Gasteiger partial charge in [0, 0.05) is 11.1 Å². The highest BCUT2D eigenvalue weighted by molar-refractivity contribution is 6.42. The first kappa shape index (κ1) is 20.6. The van der Waals surface area contributed by atoms with E-state index in [1.54, 1.807) is 31.0 Å². The van der Waals surface area contributed by atoms with Gasteiger partial charge in [0.15, 0.2) is 0 Å². The predicted molar refractivity (Wildman–Crippen MR) is 123 cm³/mol. The van der Waals surface area contributed by atoms with E-state index in [2.05, 4.69) is 0 Å². The number of aromatic nitrogens is 2. The lowest BCUT2D eigenvalue weighted by atomic mass is 10.1. The van der Waals surface area contributed by atoms with E-state index in [0.717, 1.165) is 22.6 Å². The summed E-state index contributed by atoms with van der Waals surface area (Å²) >= 11 is 19.3. The van der Waals surface area contributed by atoms with Gasteiger partial charge in [-0.05, 0) is 42.5 Å². The lowest BCUT2D eigenvalue weighted by molar-refractivity contribution is 0.415. The molecule has 7 heteroatoms. The minimum absolute atomic E-state index is 0.431. The minimum Gasteiger partial charge on any atom is -0.497 e. The standard InChI is InChI=1S/C23H17Cl3N2O2/c1-29-17-7-3-5-14(11-17)22-21(26)23(15-6-4-8-18(12-15)30-2)28(27-22)16-9-10-19(24)20(25)13-16/h3-13H,1-2H3. The highest BCUT2D eigenvalue weighted by atomic mass is 35.5. The Morgan fingerprint density at radius 1 is 0.733 bits per heavy atom. The fourth-order valence-electron chi connectivity index (χ4n) is 3.18. The maximum Gasteiger partial charge on any atom is 0.119 e. The zero-order valence-electron chi connectivity index (χ0n) is 16.2. The van der Waals surface area contributed by atoms with E-state index in [-0.39, 0.29) is 0 Å². The van der Waals surface area contributed by atoms with E-state index in [1.165, 1.54) is 0 Å². The Morgan fingerprint density at radius 2 is 1.37 bits per heavy atom. The zero-order valence-corrected chi connectivity index (χ0v) is 18.5. The van der Waals surface area contributed by atoms with Crippen molar-refractivity contribution >= 4 is 34.8 Å². The van der Waals surface area contributed by atoms with Gasteiger partial charge in [0.1, 0.15) is 17.2 Å². The summed E-state index contributed by atoms with van der Waals surface area (Å²) in [5, 5.41) is 6.22. The number of hydrogen-bond acceptors (Lipinski definition) is 3. The van der Waals surface area contributed by atoms with Crippen molar-refractivity contribution in [3.05, 3.63) is 81.8 Å². The first-order valence-electron chi connectivity index (χ1n) is 9.04. The van der Waals surface area contributed by atoms with Crippen LogP contribution in [0.25, 0.3) is 28.2 Å². The maximum absolute atomic E-state index is 6.89. The molecule has 4 aromatic rings.